The van der Waals surface area contributed by atoms with E-state index >= 15 is 0 Å². The Bertz CT molecular complexity index is 384. The number of nitrogens with two attached hydrogens (primary N) is 2. The number of rotatable bonds is 3. The quantitative estimate of drug-likeness (QED) is 0.618. The second kappa shape index (κ2) is 5.18. The van der Waals surface area contributed by atoms with Crippen LogP contribution in [0.1, 0.15) is 11.1 Å². The van der Waals surface area contributed by atoms with Crippen LogP contribution in [0.5, 0.6) is 0 Å². The van der Waals surface area contributed by atoms with Gasteiger partial charge in [-0.05, 0) is 30.5 Å². The molecule has 0 heterocycles. The number of methoxy groups -OCH3 is 1. The average molecular weight is 243 g/mol. The van der Waals surface area contributed by atoms with Crippen molar-refractivity contribution in [3.05, 3.63) is 28.3 Å². The maximum absolute atomic E-state index is 11.1. The fraction of sp³-hybridized carbons (Fsp3) is 0.364. The largest absolute Gasteiger partial charge is 0.468 e. The van der Waals surface area contributed by atoms with Crippen LogP contribution in [0.3, 0.4) is 0 Å². The van der Waals surface area contributed by atoms with E-state index in [0.717, 1.165) is 11.1 Å². The molecule has 4 N–H and O–H groups in total. The topological polar surface area (TPSA) is 78.3 Å². The lowest BCUT2D eigenvalue weighted by Gasteiger charge is -2.11. The molecule has 0 fully saturated rings. The van der Waals surface area contributed by atoms with Crippen molar-refractivity contribution in [1.29, 1.82) is 0 Å². The molecule has 0 radical (unpaired) electrons. The number of nitrogen functional groups attached to an aromatic ring is 1. The lowest BCUT2D eigenvalue weighted by molar-refractivity contribution is -0.142. The third-order valence-electron chi connectivity index (χ3n) is 2.36. The van der Waals surface area contributed by atoms with Gasteiger partial charge in [0.1, 0.15) is 6.04 Å². The molecule has 1 aromatic carbocycles. The molecular formula is C11H15ClN2O2. The Morgan fingerprint density at radius 1 is 1.56 bits per heavy atom. The first-order valence-electron chi connectivity index (χ1n) is 4.83. The van der Waals surface area contributed by atoms with Crippen molar-refractivity contribution in [3.63, 3.8) is 0 Å². The number of carbonyl (C=O) groups excluding carboxylic acids is 1. The molecule has 0 aliphatic rings. The van der Waals surface area contributed by atoms with Crippen LogP contribution in [0.15, 0.2) is 12.1 Å². The zero-order chi connectivity index (χ0) is 12.3. The van der Waals surface area contributed by atoms with Crippen LogP contribution in [-0.2, 0) is 16.0 Å². The summed E-state index contributed by atoms with van der Waals surface area (Å²) in [7, 11) is 1.31. The molecule has 1 atom stereocenters. The number of aryl methyl sites for hydroxylation is 1. The van der Waals surface area contributed by atoms with Crippen LogP contribution >= 0.6 is 11.6 Å². The molecule has 4 nitrogen and oxygen atoms in total. The van der Waals surface area contributed by atoms with Crippen molar-refractivity contribution in [2.24, 2.45) is 5.73 Å². The Morgan fingerprint density at radius 3 is 2.69 bits per heavy atom. The highest BCUT2D eigenvalue weighted by Gasteiger charge is 2.15. The van der Waals surface area contributed by atoms with Crippen molar-refractivity contribution in [2.45, 2.75) is 19.4 Å². The van der Waals surface area contributed by atoms with Crippen molar-refractivity contribution >= 4 is 23.3 Å². The molecule has 16 heavy (non-hydrogen) atoms. The highest BCUT2D eigenvalue weighted by atomic mass is 35.5. The van der Waals surface area contributed by atoms with Gasteiger partial charge in [0.05, 0.1) is 17.8 Å². The SMILES string of the molecule is COC(=O)[C@H](N)Cc1cc(C)c(N)c(Cl)c1. The Kier molecular flexibility index (Phi) is 4.15. The van der Waals surface area contributed by atoms with Gasteiger partial charge >= 0.3 is 5.97 Å². The standard InChI is InChI=1S/C11H15ClN2O2/c1-6-3-7(4-8(12)10(6)14)5-9(13)11(15)16-2/h3-4,9H,5,13-14H2,1-2H3/t9-/m1/s1. The number of ether oxygens (including phenoxy) is 1. The zero-order valence-electron chi connectivity index (χ0n) is 9.29. The molecule has 0 spiro atoms. The Balaban J connectivity index is 2.86. The van der Waals surface area contributed by atoms with E-state index in [9.17, 15) is 4.79 Å². The first kappa shape index (κ1) is 12.8. The van der Waals surface area contributed by atoms with Gasteiger partial charge in [0.15, 0.2) is 0 Å². The lowest BCUT2D eigenvalue weighted by atomic mass is 10.0. The maximum Gasteiger partial charge on any atom is 0.322 e. The Labute approximate surface area is 99.5 Å². The maximum atomic E-state index is 11.1. The number of hydrogen-bond donors (Lipinski definition) is 2. The van der Waals surface area contributed by atoms with E-state index in [4.69, 9.17) is 23.1 Å². The minimum atomic E-state index is -0.677. The molecule has 0 bridgehead atoms. The number of hydrogen-bond acceptors (Lipinski definition) is 4. The van der Waals surface area contributed by atoms with Crippen LogP contribution in [0, 0.1) is 6.92 Å². The molecule has 0 saturated heterocycles. The van der Waals surface area contributed by atoms with Crippen LogP contribution in [-0.4, -0.2) is 19.1 Å². The molecule has 0 aliphatic heterocycles. The first-order chi connectivity index (χ1) is 7.45. The molecule has 1 aromatic rings. The van der Waals surface area contributed by atoms with Crippen LogP contribution in [0.4, 0.5) is 5.69 Å². The van der Waals surface area contributed by atoms with Gasteiger partial charge in [-0.3, -0.25) is 4.79 Å². The van der Waals surface area contributed by atoms with Crippen molar-refractivity contribution in [1.82, 2.24) is 0 Å². The summed E-state index contributed by atoms with van der Waals surface area (Å²) in [5, 5.41) is 0.479. The highest BCUT2D eigenvalue weighted by molar-refractivity contribution is 6.33. The Morgan fingerprint density at radius 2 is 2.19 bits per heavy atom. The first-order valence-corrected chi connectivity index (χ1v) is 5.21. The van der Waals surface area contributed by atoms with Crippen molar-refractivity contribution in [3.8, 4) is 0 Å². The van der Waals surface area contributed by atoms with E-state index in [0.29, 0.717) is 17.1 Å². The van der Waals surface area contributed by atoms with E-state index in [2.05, 4.69) is 4.74 Å². The number of benzene rings is 1. The van der Waals surface area contributed by atoms with Crippen LogP contribution < -0.4 is 11.5 Å². The third kappa shape index (κ3) is 2.87. The molecule has 0 amide bonds. The van der Waals surface area contributed by atoms with Crippen LogP contribution in [0.2, 0.25) is 5.02 Å². The smallest absolute Gasteiger partial charge is 0.322 e. The van der Waals surface area contributed by atoms with E-state index in [-0.39, 0.29) is 0 Å². The Hall–Kier alpha value is -1.26. The van der Waals surface area contributed by atoms with Gasteiger partial charge in [-0.25, -0.2) is 0 Å². The van der Waals surface area contributed by atoms with E-state index in [1.807, 2.05) is 13.0 Å². The van der Waals surface area contributed by atoms with Crippen molar-refractivity contribution < 1.29 is 9.53 Å². The summed E-state index contributed by atoms with van der Waals surface area (Å²) < 4.78 is 4.55. The van der Waals surface area contributed by atoms with Gasteiger partial charge in [-0.1, -0.05) is 17.7 Å². The summed E-state index contributed by atoms with van der Waals surface area (Å²) in [5.74, 6) is -0.439. The predicted molar refractivity (Wildman–Crippen MR) is 64.3 cm³/mol. The van der Waals surface area contributed by atoms with Gasteiger partial charge in [0.25, 0.3) is 0 Å². The second-order valence-corrected chi connectivity index (χ2v) is 4.05. The summed E-state index contributed by atoms with van der Waals surface area (Å²) in [6, 6.07) is 2.90. The summed E-state index contributed by atoms with van der Waals surface area (Å²) in [5.41, 5.74) is 13.7. The minimum Gasteiger partial charge on any atom is -0.468 e. The molecular weight excluding hydrogens is 228 g/mol. The molecule has 5 heteroatoms. The molecule has 0 aliphatic carbocycles. The summed E-state index contributed by atoms with van der Waals surface area (Å²) in [6.45, 7) is 1.86. The predicted octanol–water partition coefficient (Wildman–Crippen LogP) is 1.27. The van der Waals surface area contributed by atoms with Crippen LogP contribution in [0.25, 0.3) is 0 Å². The fourth-order valence-electron chi connectivity index (χ4n) is 1.43. The minimum absolute atomic E-state index is 0.382. The molecule has 0 unspecified atom stereocenters. The summed E-state index contributed by atoms with van der Waals surface area (Å²) in [4.78, 5) is 11.1. The number of halogens is 1. The molecule has 88 valence electrons. The fourth-order valence-corrected chi connectivity index (χ4v) is 1.72. The van der Waals surface area contributed by atoms with Gasteiger partial charge < -0.3 is 16.2 Å². The summed E-state index contributed by atoms with van der Waals surface area (Å²) >= 11 is 5.93. The number of anilines is 1. The van der Waals surface area contributed by atoms with Crippen molar-refractivity contribution in [2.75, 3.05) is 12.8 Å². The lowest BCUT2D eigenvalue weighted by Crippen LogP contribution is -2.33. The highest BCUT2D eigenvalue weighted by Crippen LogP contribution is 2.24. The van der Waals surface area contributed by atoms with Gasteiger partial charge in [0, 0.05) is 0 Å². The van der Waals surface area contributed by atoms with E-state index in [1.165, 1.54) is 7.11 Å². The molecule has 1 rings (SSSR count). The zero-order valence-corrected chi connectivity index (χ0v) is 10.0. The molecule has 0 aromatic heterocycles. The third-order valence-corrected chi connectivity index (χ3v) is 2.67. The summed E-state index contributed by atoms with van der Waals surface area (Å²) in [6.07, 6.45) is 0.382. The van der Waals surface area contributed by atoms with Gasteiger partial charge in [-0.15, -0.1) is 0 Å². The van der Waals surface area contributed by atoms with E-state index < -0.39 is 12.0 Å². The number of esters is 1. The van der Waals surface area contributed by atoms with Gasteiger partial charge in [-0.2, -0.15) is 0 Å². The average Bonchev–Trinajstić information content (AvgIpc) is 2.24. The second-order valence-electron chi connectivity index (χ2n) is 3.64. The van der Waals surface area contributed by atoms with Gasteiger partial charge in [0.2, 0.25) is 0 Å². The normalized spacial score (nSPS) is 12.2. The number of carbonyl (C=O) groups is 1. The van der Waals surface area contributed by atoms with E-state index in [1.54, 1.807) is 6.07 Å². The monoisotopic (exact) mass is 242 g/mol. The molecule has 0 saturated carbocycles.